The zero-order valence-corrected chi connectivity index (χ0v) is 17.5. The molecule has 4 rings (SSSR count). The van der Waals surface area contributed by atoms with Crippen molar-refractivity contribution in [2.45, 2.75) is 56.8 Å². The lowest BCUT2D eigenvalue weighted by Gasteiger charge is -2.28. The van der Waals surface area contributed by atoms with Gasteiger partial charge in [0, 0.05) is 26.1 Å². The fourth-order valence-electron chi connectivity index (χ4n) is 3.84. The minimum absolute atomic E-state index is 0.0638. The summed E-state index contributed by atoms with van der Waals surface area (Å²) in [6, 6.07) is -0.419. The highest BCUT2D eigenvalue weighted by molar-refractivity contribution is 7.99. The Morgan fingerprint density at radius 2 is 2.14 bits per heavy atom. The number of rotatable bonds is 7. The van der Waals surface area contributed by atoms with Gasteiger partial charge in [0.05, 0.1) is 18.1 Å². The third kappa shape index (κ3) is 4.47. The molecule has 2 aliphatic heterocycles. The zero-order valence-electron chi connectivity index (χ0n) is 16.7. The predicted molar refractivity (Wildman–Crippen MR) is 112 cm³/mol. The van der Waals surface area contributed by atoms with Gasteiger partial charge in [-0.2, -0.15) is 5.10 Å². The number of aromatic nitrogens is 4. The highest BCUT2D eigenvalue weighted by Crippen LogP contribution is 2.29. The van der Waals surface area contributed by atoms with Crippen molar-refractivity contribution < 1.29 is 9.59 Å². The first kappa shape index (κ1) is 19.9. The average Bonchev–Trinajstić information content (AvgIpc) is 3.35. The Morgan fingerprint density at radius 3 is 2.86 bits per heavy atom. The molecule has 10 heteroatoms. The summed E-state index contributed by atoms with van der Waals surface area (Å²) in [5, 5.41) is 11.8. The van der Waals surface area contributed by atoms with Gasteiger partial charge in [-0.05, 0) is 31.4 Å². The molecule has 0 bridgehead atoms. The van der Waals surface area contributed by atoms with Gasteiger partial charge in [-0.1, -0.05) is 18.7 Å². The monoisotopic (exact) mass is 417 g/mol. The first-order chi connectivity index (χ1) is 14.2. The first-order valence-corrected chi connectivity index (χ1v) is 11.3. The van der Waals surface area contributed by atoms with E-state index in [9.17, 15) is 9.59 Å². The van der Waals surface area contributed by atoms with Crippen LogP contribution in [0.3, 0.4) is 0 Å². The average molecular weight is 418 g/mol. The second-order valence-electron chi connectivity index (χ2n) is 7.37. The van der Waals surface area contributed by atoms with Gasteiger partial charge in [-0.15, -0.1) is 0 Å². The van der Waals surface area contributed by atoms with Crippen LogP contribution >= 0.6 is 11.8 Å². The summed E-state index contributed by atoms with van der Waals surface area (Å²) in [7, 11) is 0. The van der Waals surface area contributed by atoms with Crippen LogP contribution in [0.5, 0.6) is 0 Å². The van der Waals surface area contributed by atoms with Gasteiger partial charge in [-0.3, -0.25) is 9.59 Å². The van der Waals surface area contributed by atoms with Crippen molar-refractivity contribution in [1.29, 1.82) is 0 Å². The lowest BCUT2D eigenvalue weighted by molar-refractivity contribution is -0.125. The number of hydrogen-bond acceptors (Lipinski definition) is 7. The van der Waals surface area contributed by atoms with Crippen molar-refractivity contribution in [3.63, 3.8) is 0 Å². The van der Waals surface area contributed by atoms with Crippen LogP contribution in [0.15, 0.2) is 11.4 Å². The fourth-order valence-corrected chi connectivity index (χ4v) is 4.40. The standard InChI is InChI=1S/C19H27N7O2S/c1-2-29-19-23-16(25-9-4-3-5-10-25)13-12-21-26(17(13)24-19)11-8-20-18(28)14-6-7-15(27)22-14/h12,14H,2-11H2,1H3,(H,20,28)(H,22,27). The molecule has 2 fully saturated rings. The molecule has 2 saturated heterocycles. The minimum Gasteiger partial charge on any atom is -0.356 e. The smallest absolute Gasteiger partial charge is 0.242 e. The van der Waals surface area contributed by atoms with E-state index in [2.05, 4.69) is 27.6 Å². The molecule has 4 heterocycles. The molecule has 1 unspecified atom stereocenters. The molecule has 156 valence electrons. The molecule has 1 atom stereocenters. The number of anilines is 1. The Bertz CT molecular complexity index is 894. The van der Waals surface area contributed by atoms with Crippen LogP contribution in [0.25, 0.3) is 11.0 Å². The van der Waals surface area contributed by atoms with E-state index in [1.165, 1.54) is 19.3 Å². The maximum absolute atomic E-state index is 12.2. The third-order valence-electron chi connectivity index (χ3n) is 5.32. The number of nitrogens with one attached hydrogen (secondary N) is 2. The Hall–Kier alpha value is -2.36. The van der Waals surface area contributed by atoms with E-state index in [1.54, 1.807) is 11.8 Å². The summed E-state index contributed by atoms with van der Waals surface area (Å²) in [6.45, 7) is 5.06. The normalized spacial score (nSPS) is 19.6. The molecule has 0 aliphatic carbocycles. The number of fused-ring (bicyclic) bond motifs is 1. The molecule has 9 nitrogen and oxygen atoms in total. The van der Waals surface area contributed by atoms with Gasteiger partial charge in [0.25, 0.3) is 0 Å². The van der Waals surface area contributed by atoms with Crippen LogP contribution in [0.4, 0.5) is 5.82 Å². The number of carbonyl (C=O) groups is 2. The van der Waals surface area contributed by atoms with Crippen molar-refractivity contribution in [1.82, 2.24) is 30.4 Å². The van der Waals surface area contributed by atoms with Gasteiger partial charge in [0.15, 0.2) is 10.8 Å². The van der Waals surface area contributed by atoms with Crippen LogP contribution in [0.1, 0.15) is 39.0 Å². The maximum Gasteiger partial charge on any atom is 0.242 e. The number of piperidine rings is 1. The number of nitrogens with zero attached hydrogens (tertiary/aromatic N) is 5. The molecule has 0 aromatic carbocycles. The summed E-state index contributed by atoms with van der Waals surface area (Å²) in [6.07, 6.45) is 6.43. The molecule has 2 aliphatic rings. The van der Waals surface area contributed by atoms with Crippen molar-refractivity contribution >= 4 is 40.4 Å². The molecule has 29 heavy (non-hydrogen) atoms. The molecular weight excluding hydrogens is 390 g/mol. The molecule has 0 saturated carbocycles. The summed E-state index contributed by atoms with van der Waals surface area (Å²) in [5.74, 6) is 1.67. The van der Waals surface area contributed by atoms with Crippen LogP contribution in [0, 0.1) is 0 Å². The lowest BCUT2D eigenvalue weighted by Crippen LogP contribution is -2.42. The van der Waals surface area contributed by atoms with Crippen molar-refractivity contribution in [3.8, 4) is 0 Å². The van der Waals surface area contributed by atoms with Gasteiger partial charge >= 0.3 is 0 Å². The lowest BCUT2D eigenvalue weighted by atomic mass is 10.1. The Balaban J connectivity index is 1.49. The highest BCUT2D eigenvalue weighted by atomic mass is 32.2. The quantitative estimate of drug-likeness (QED) is 0.517. The summed E-state index contributed by atoms with van der Waals surface area (Å²) in [4.78, 5) is 35.3. The molecule has 2 aromatic heterocycles. The molecule has 0 radical (unpaired) electrons. The van der Waals surface area contributed by atoms with Crippen LogP contribution in [-0.2, 0) is 16.1 Å². The van der Waals surface area contributed by atoms with E-state index < -0.39 is 6.04 Å². The molecule has 2 N–H and O–H groups in total. The third-order valence-corrected chi connectivity index (χ3v) is 6.05. The summed E-state index contributed by atoms with van der Waals surface area (Å²) >= 11 is 1.63. The van der Waals surface area contributed by atoms with Crippen LogP contribution in [-0.4, -0.2) is 63.0 Å². The Morgan fingerprint density at radius 1 is 1.31 bits per heavy atom. The fraction of sp³-hybridized carbons (Fsp3) is 0.632. The van der Waals surface area contributed by atoms with Gasteiger partial charge < -0.3 is 15.5 Å². The van der Waals surface area contributed by atoms with E-state index in [1.807, 2.05) is 10.9 Å². The number of hydrogen-bond donors (Lipinski definition) is 2. The zero-order chi connectivity index (χ0) is 20.2. The summed E-state index contributed by atoms with van der Waals surface area (Å²) in [5.41, 5.74) is 0.806. The van der Waals surface area contributed by atoms with E-state index in [4.69, 9.17) is 9.97 Å². The maximum atomic E-state index is 12.2. The topological polar surface area (TPSA) is 105 Å². The minimum atomic E-state index is -0.419. The second kappa shape index (κ2) is 8.98. The van der Waals surface area contributed by atoms with E-state index in [0.29, 0.717) is 25.9 Å². The van der Waals surface area contributed by atoms with Crippen molar-refractivity contribution in [3.05, 3.63) is 6.20 Å². The molecule has 2 amide bonds. The van der Waals surface area contributed by atoms with Crippen molar-refractivity contribution in [2.24, 2.45) is 0 Å². The van der Waals surface area contributed by atoms with Crippen molar-refractivity contribution in [2.75, 3.05) is 30.3 Å². The number of carbonyl (C=O) groups excluding carboxylic acids is 2. The SMILES string of the molecule is CCSc1nc(N2CCCCC2)c2cnn(CCNC(=O)C3CCC(=O)N3)c2n1. The highest BCUT2D eigenvalue weighted by Gasteiger charge is 2.27. The number of amides is 2. The van der Waals surface area contributed by atoms with Gasteiger partial charge in [-0.25, -0.2) is 14.6 Å². The van der Waals surface area contributed by atoms with E-state index in [-0.39, 0.29) is 11.8 Å². The Labute approximate surface area is 174 Å². The van der Waals surface area contributed by atoms with E-state index >= 15 is 0 Å². The molecule has 2 aromatic rings. The first-order valence-electron chi connectivity index (χ1n) is 10.3. The van der Waals surface area contributed by atoms with E-state index in [0.717, 1.165) is 40.9 Å². The molecular formula is C19H27N7O2S. The van der Waals surface area contributed by atoms with Gasteiger partial charge in [0.2, 0.25) is 11.8 Å². The summed E-state index contributed by atoms with van der Waals surface area (Å²) < 4.78 is 1.83. The molecule has 0 spiro atoms. The largest absolute Gasteiger partial charge is 0.356 e. The van der Waals surface area contributed by atoms with Crippen LogP contribution in [0.2, 0.25) is 0 Å². The van der Waals surface area contributed by atoms with Crippen LogP contribution < -0.4 is 15.5 Å². The predicted octanol–water partition coefficient (Wildman–Crippen LogP) is 1.32. The Kier molecular flexibility index (Phi) is 6.17. The second-order valence-corrected chi connectivity index (χ2v) is 8.60. The van der Waals surface area contributed by atoms with Gasteiger partial charge in [0.1, 0.15) is 11.9 Å². The number of thioether (sulfide) groups is 1.